The van der Waals surface area contributed by atoms with E-state index >= 15 is 0 Å². The minimum Gasteiger partial charge on any atom is -0.373 e. The molecule has 2 aromatic rings. The van der Waals surface area contributed by atoms with Crippen molar-refractivity contribution in [3.63, 3.8) is 0 Å². The van der Waals surface area contributed by atoms with E-state index in [1.807, 2.05) is 18.4 Å². The highest BCUT2D eigenvalue weighted by Crippen LogP contribution is 2.24. The van der Waals surface area contributed by atoms with Gasteiger partial charge in [-0.15, -0.1) is 11.3 Å². The van der Waals surface area contributed by atoms with Crippen molar-refractivity contribution in [1.82, 2.24) is 9.97 Å². The Morgan fingerprint density at radius 1 is 1.30 bits per heavy atom. The van der Waals surface area contributed by atoms with E-state index in [9.17, 15) is 0 Å². The summed E-state index contributed by atoms with van der Waals surface area (Å²) in [7, 11) is 4.02. The van der Waals surface area contributed by atoms with Crippen LogP contribution in [0.1, 0.15) is 23.8 Å². The molecule has 0 aromatic carbocycles. The summed E-state index contributed by atoms with van der Waals surface area (Å²) >= 11 is 1.81. The summed E-state index contributed by atoms with van der Waals surface area (Å²) in [6, 6.07) is 4.29. The molecule has 108 valence electrons. The van der Waals surface area contributed by atoms with Crippen molar-refractivity contribution in [2.45, 2.75) is 26.2 Å². The smallest absolute Gasteiger partial charge is 0.137 e. The molecule has 0 radical (unpaired) electrons. The van der Waals surface area contributed by atoms with Crippen LogP contribution in [0.15, 0.2) is 23.8 Å². The molecule has 4 nitrogen and oxygen atoms in total. The summed E-state index contributed by atoms with van der Waals surface area (Å²) in [4.78, 5) is 12.4. The maximum atomic E-state index is 4.48. The highest BCUT2D eigenvalue weighted by molar-refractivity contribution is 7.09. The van der Waals surface area contributed by atoms with Crippen LogP contribution >= 0.6 is 11.3 Å². The van der Waals surface area contributed by atoms with Gasteiger partial charge in [-0.2, -0.15) is 0 Å². The molecule has 0 unspecified atom stereocenters. The van der Waals surface area contributed by atoms with Crippen LogP contribution in [0.2, 0.25) is 0 Å². The molecule has 0 fully saturated rings. The third-order valence-electron chi connectivity index (χ3n) is 3.29. The summed E-state index contributed by atoms with van der Waals surface area (Å²) in [6.45, 7) is 3.15. The zero-order chi connectivity index (χ0) is 14.4. The fourth-order valence-corrected chi connectivity index (χ4v) is 2.96. The molecule has 0 amide bonds. The fourth-order valence-electron chi connectivity index (χ4n) is 2.27. The number of anilines is 2. The van der Waals surface area contributed by atoms with Crippen molar-refractivity contribution >= 4 is 23.0 Å². The largest absolute Gasteiger partial charge is 0.373 e. The SMILES string of the molecule is CCCc1c(NC)ncnc1N(C)CCc1cccs1. The molecule has 0 saturated heterocycles. The van der Waals surface area contributed by atoms with Gasteiger partial charge in [0.15, 0.2) is 0 Å². The molecule has 1 N–H and O–H groups in total. The Bertz CT molecular complexity index is 525. The van der Waals surface area contributed by atoms with Crippen molar-refractivity contribution in [2.75, 3.05) is 30.9 Å². The monoisotopic (exact) mass is 290 g/mol. The van der Waals surface area contributed by atoms with Crippen molar-refractivity contribution in [3.05, 3.63) is 34.3 Å². The summed E-state index contributed by atoms with van der Waals surface area (Å²) in [5.74, 6) is 1.99. The first kappa shape index (κ1) is 14.8. The molecule has 2 rings (SSSR count). The topological polar surface area (TPSA) is 41.1 Å². The highest BCUT2D eigenvalue weighted by Gasteiger charge is 2.13. The maximum Gasteiger partial charge on any atom is 0.137 e. The molecule has 5 heteroatoms. The van der Waals surface area contributed by atoms with Crippen LogP contribution in [0.5, 0.6) is 0 Å². The number of thiophene rings is 1. The lowest BCUT2D eigenvalue weighted by molar-refractivity contribution is 0.832. The molecular weight excluding hydrogens is 268 g/mol. The molecule has 20 heavy (non-hydrogen) atoms. The lowest BCUT2D eigenvalue weighted by atomic mass is 10.1. The average Bonchev–Trinajstić information content (AvgIpc) is 2.98. The van der Waals surface area contributed by atoms with E-state index < -0.39 is 0 Å². The quantitative estimate of drug-likeness (QED) is 0.850. The van der Waals surface area contributed by atoms with Gasteiger partial charge in [-0.25, -0.2) is 9.97 Å². The van der Waals surface area contributed by atoms with Crippen molar-refractivity contribution < 1.29 is 0 Å². The molecule has 0 bridgehead atoms. The standard InChI is InChI=1S/C15H22N4S/c1-4-6-13-14(16-2)17-11-18-15(13)19(3)9-8-12-7-5-10-20-12/h5,7,10-11H,4,6,8-9H2,1-3H3,(H,16,17,18). The predicted molar refractivity (Wildman–Crippen MR) is 86.9 cm³/mol. The third kappa shape index (κ3) is 3.48. The van der Waals surface area contributed by atoms with Gasteiger partial charge in [-0.3, -0.25) is 0 Å². The number of nitrogens with zero attached hydrogens (tertiary/aromatic N) is 3. The van der Waals surface area contributed by atoms with Crippen LogP contribution in [0.3, 0.4) is 0 Å². The number of hydrogen-bond acceptors (Lipinski definition) is 5. The van der Waals surface area contributed by atoms with Crippen LogP contribution in [-0.4, -0.2) is 30.6 Å². The first-order valence-electron chi connectivity index (χ1n) is 7.01. The Morgan fingerprint density at radius 3 is 2.80 bits per heavy atom. The Hall–Kier alpha value is -1.62. The van der Waals surface area contributed by atoms with Crippen molar-refractivity contribution in [2.24, 2.45) is 0 Å². The lowest BCUT2D eigenvalue weighted by Gasteiger charge is -2.22. The highest BCUT2D eigenvalue weighted by atomic mass is 32.1. The Kier molecular flexibility index (Phi) is 5.35. The van der Waals surface area contributed by atoms with E-state index in [0.29, 0.717) is 0 Å². The summed E-state index contributed by atoms with van der Waals surface area (Å²) in [6.07, 6.45) is 4.78. The number of likely N-dealkylation sites (N-methyl/N-ethyl adjacent to an activating group) is 1. The zero-order valence-electron chi connectivity index (χ0n) is 12.4. The molecule has 0 atom stereocenters. The van der Waals surface area contributed by atoms with Gasteiger partial charge in [0.2, 0.25) is 0 Å². The van der Waals surface area contributed by atoms with Gasteiger partial charge in [0.25, 0.3) is 0 Å². The van der Waals surface area contributed by atoms with E-state index in [-0.39, 0.29) is 0 Å². The van der Waals surface area contributed by atoms with Gasteiger partial charge in [0, 0.05) is 31.1 Å². The van der Waals surface area contributed by atoms with E-state index in [1.54, 1.807) is 6.33 Å². The van der Waals surface area contributed by atoms with Gasteiger partial charge in [-0.05, 0) is 24.3 Å². The van der Waals surface area contributed by atoms with Crippen LogP contribution < -0.4 is 10.2 Å². The Labute approximate surface area is 124 Å². The molecule has 0 aliphatic carbocycles. The molecule has 2 aromatic heterocycles. The van der Waals surface area contributed by atoms with Gasteiger partial charge in [0.05, 0.1) is 0 Å². The first-order valence-corrected chi connectivity index (χ1v) is 7.89. The molecule has 0 spiro atoms. The number of hydrogen-bond donors (Lipinski definition) is 1. The van der Waals surface area contributed by atoms with Crippen molar-refractivity contribution in [1.29, 1.82) is 0 Å². The Morgan fingerprint density at radius 2 is 2.15 bits per heavy atom. The summed E-state index contributed by atoms with van der Waals surface area (Å²) < 4.78 is 0. The van der Waals surface area contributed by atoms with E-state index in [2.05, 4.69) is 51.7 Å². The van der Waals surface area contributed by atoms with Crippen LogP contribution in [0, 0.1) is 0 Å². The zero-order valence-corrected chi connectivity index (χ0v) is 13.2. The molecule has 0 aliphatic rings. The summed E-state index contributed by atoms with van der Waals surface area (Å²) in [5, 5.41) is 5.30. The van der Waals surface area contributed by atoms with E-state index in [0.717, 1.165) is 37.4 Å². The molecule has 0 aliphatic heterocycles. The second-order valence-corrected chi connectivity index (χ2v) is 5.81. The average molecular weight is 290 g/mol. The second-order valence-electron chi connectivity index (χ2n) is 4.78. The predicted octanol–water partition coefficient (Wildman–Crippen LogP) is 3.21. The minimum absolute atomic E-state index is 0.944. The third-order valence-corrected chi connectivity index (χ3v) is 4.23. The molecular formula is C15H22N4S. The van der Waals surface area contributed by atoms with Crippen LogP contribution in [0.4, 0.5) is 11.6 Å². The molecule has 0 saturated carbocycles. The van der Waals surface area contributed by atoms with Crippen LogP contribution in [0.25, 0.3) is 0 Å². The van der Waals surface area contributed by atoms with E-state index in [4.69, 9.17) is 0 Å². The maximum absolute atomic E-state index is 4.48. The second kappa shape index (κ2) is 7.24. The van der Waals surface area contributed by atoms with Gasteiger partial charge < -0.3 is 10.2 Å². The fraction of sp³-hybridized carbons (Fsp3) is 0.467. The number of aromatic nitrogens is 2. The minimum atomic E-state index is 0.944. The van der Waals surface area contributed by atoms with Crippen LogP contribution in [-0.2, 0) is 12.8 Å². The van der Waals surface area contributed by atoms with Crippen molar-refractivity contribution in [3.8, 4) is 0 Å². The first-order chi connectivity index (χ1) is 9.76. The Balaban J connectivity index is 2.13. The molecule has 2 heterocycles. The van der Waals surface area contributed by atoms with E-state index in [1.165, 1.54) is 10.4 Å². The number of rotatable bonds is 7. The number of nitrogens with one attached hydrogen (secondary N) is 1. The normalized spacial score (nSPS) is 10.6. The lowest BCUT2D eigenvalue weighted by Crippen LogP contribution is -2.23. The van der Waals surface area contributed by atoms with Gasteiger partial charge >= 0.3 is 0 Å². The summed E-state index contributed by atoms with van der Waals surface area (Å²) in [5.41, 5.74) is 1.21. The van der Waals surface area contributed by atoms with Gasteiger partial charge in [-0.1, -0.05) is 19.4 Å². The van der Waals surface area contributed by atoms with Gasteiger partial charge in [0.1, 0.15) is 18.0 Å².